The summed E-state index contributed by atoms with van der Waals surface area (Å²) in [5, 5.41) is 11.2. The van der Waals surface area contributed by atoms with Crippen molar-refractivity contribution in [2.24, 2.45) is 0 Å². The molecule has 5 nitrogen and oxygen atoms in total. The highest BCUT2D eigenvalue weighted by atomic mass is 35.5. The van der Waals surface area contributed by atoms with Gasteiger partial charge in [-0.15, -0.1) is 0 Å². The summed E-state index contributed by atoms with van der Waals surface area (Å²) < 4.78 is 0. The number of benzene rings is 1. The first kappa shape index (κ1) is 13.3. The zero-order chi connectivity index (χ0) is 14.1. The lowest BCUT2D eigenvalue weighted by molar-refractivity contribution is 0.938. The summed E-state index contributed by atoms with van der Waals surface area (Å²) in [5.41, 5.74) is 1.81. The molecule has 0 aliphatic carbocycles. The minimum atomic E-state index is 0.241. The highest BCUT2D eigenvalue weighted by Crippen LogP contribution is 2.34. The topological polar surface area (TPSA) is 67.3 Å². The maximum atomic E-state index is 6.20. The molecule has 1 aromatic carbocycles. The zero-order valence-electron chi connectivity index (χ0n) is 9.81. The molecule has 2 aromatic heterocycles. The van der Waals surface area contributed by atoms with E-state index in [2.05, 4.69) is 25.4 Å². The Morgan fingerprint density at radius 1 is 0.900 bits per heavy atom. The van der Waals surface area contributed by atoms with Crippen LogP contribution in [0, 0.1) is 0 Å². The van der Waals surface area contributed by atoms with Gasteiger partial charge in [-0.3, -0.25) is 0 Å². The minimum absolute atomic E-state index is 0.241. The quantitative estimate of drug-likeness (QED) is 0.725. The van der Waals surface area contributed by atoms with Crippen molar-refractivity contribution in [3.8, 4) is 22.6 Å². The predicted octanol–water partition coefficient (Wildman–Crippen LogP) is 3.89. The van der Waals surface area contributed by atoms with Crippen molar-refractivity contribution in [2.45, 2.75) is 0 Å². The van der Waals surface area contributed by atoms with E-state index in [0.717, 1.165) is 5.56 Å². The fourth-order valence-corrected chi connectivity index (χ4v) is 2.42. The normalized spacial score (nSPS) is 10.8. The maximum Gasteiger partial charge on any atom is 0.184 e. The third-order valence-corrected chi connectivity index (χ3v) is 3.40. The van der Waals surface area contributed by atoms with Gasteiger partial charge in [0, 0.05) is 5.02 Å². The number of aromatic nitrogens is 5. The highest BCUT2D eigenvalue weighted by molar-refractivity contribution is 6.38. The van der Waals surface area contributed by atoms with E-state index in [1.54, 1.807) is 24.3 Å². The van der Waals surface area contributed by atoms with E-state index in [9.17, 15) is 0 Å². The summed E-state index contributed by atoms with van der Waals surface area (Å²) >= 11 is 18.3. The highest BCUT2D eigenvalue weighted by Gasteiger charge is 2.15. The molecule has 0 unspecified atom stereocenters. The summed E-state index contributed by atoms with van der Waals surface area (Å²) in [6.07, 6.45) is 1.49. The van der Waals surface area contributed by atoms with Crippen molar-refractivity contribution in [1.29, 1.82) is 0 Å². The van der Waals surface area contributed by atoms with E-state index >= 15 is 0 Å². The molecule has 0 spiro atoms. The number of nitrogens with one attached hydrogen (secondary N) is 1. The largest absolute Gasteiger partial charge is 0.214 e. The van der Waals surface area contributed by atoms with Gasteiger partial charge in [-0.1, -0.05) is 46.9 Å². The molecule has 0 atom stereocenters. The average molecular weight is 327 g/mol. The van der Waals surface area contributed by atoms with Crippen LogP contribution in [0.25, 0.3) is 22.6 Å². The van der Waals surface area contributed by atoms with Crippen LogP contribution in [0.4, 0.5) is 0 Å². The lowest BCUT2D eigenvalue weighted by Gasteiger charge is -2.07. The Labute approximate surface area is 128 Å². The summed E-state index contributed by atoms with van der Waals surface area (Å²) in [5.74, 6) is 0.312. The van der Waals surface area contributed by atoms with Crippen molar-refractivity contribution in [1.82, 2.24) is 25.4 Å². The number of aromatic amines is 1. The third-order valence-electron chi connectivity index (χ3n) is 2.60. The van der Waals surface area contributed by atoms with Gasteiger partial charge >= 0.3 is 0 Å². The minimum Gasteiger partial charge on any atom is -0.214 e. The SMILES string of the molecule is Clc1ccc(-c2c(Cl)nc(-c3cn[nH]n3)nc2Cl)cc1. The molecule has 8 heteroatoms. The predicted molar refractivity (Wildman–Crippen MR) is 77.9 cm³/mol. The van der Waals surface area contributed by atoms with Crippen molar-refractivity contribution >= 4 is 34.8 Å². The molecule has 100 valence electrons. The van der Waals surface area contributed by atoms with Crippen LogP contribution >= 0.6 is 34.8 Å². The Balaban J connectivity index is 2.11. The standard InChI is InChI=1S/C12H6Cl3N5/c13-7-3-1-6(2-4-7)9-10(14)17-12(18-11(9)15)8-5-16-20-19-8/h1-5H,(H,16,19,20). The lowest BCUT2D eigenvalue weighted by Crippen LogP contribution is -1.95. The smallest absolute Gasteiger partial charge is 0.184 e. The van der Waals surface area contributed by atoms with Gasteiger partial charge in [0.15, 0.2) is 5.82 Å². The first-order valence-electron chi connectivity index (χ1n) is 5.50. The molecule has 0 bridgehead atoms. The Morgan fingerprint density at radius 2 is 1.55 bits per heavy atom. The van der Waals surface area contributed by atoms with Crippen LogP contribution in [-0.4, -0.2) is 25.4 Å². The van der Waals surface area contributed by atoms with Gasteiger partial charge in [0.2, 0.25) is 0 Å². The fraction of sp³-hybridized carbons (Fsp3) is 0. The van der Waals surface area contributed by atoms with Crippen LogP contribution < -0.4 is 0 Å². The van der Waals surface area contributed by atoms with Crippen LogP contribution in [0.1, 0.15) is 0 Å². The molecule has 0 fully saturated rings. The molecule has 2 heterocycles. The van der Waals surface area contributed by atoms with Gasteiger partial charge in [-0.05, 0) is 17.7 Å². The molecule has 0 amide bonds. The molecule has 0 aliphatic rings. The van der Waals surface area contributed by atoms with Gasteiger partial charge in [0.25, 0.3) is 0 Å². The second-order valence-electron chi connectivity index (χ2n) is 3.87. The summed E-state index contributed by atoms with van der Waals surface area (Å²) in [6.45, 7) is 0. The van der Waals surface area contributed by atoms with Gasteiger partial charge in [-0.25, -0.2) is 9.97 Å². The van der Waals surface area contributed by atoms with Crippen LogP contribution in [0.2, 0.25) is 15.3 Å². The van der Waals surface area contributed by atoms with Crippen LogP contribution in [0.15, 0.2) is 30.5 Å². The number of halogens is 3. The van der Waals surface area contributed by atoms with Gasteiger partial charge in [-0.2, -0.15) is 15.4 Å². The summed E-state index contributed by atoms with van der Waals surface area (Å²) in [7, 11) is 0. The molecule has 0 saturated carbocycles. The lowest BCUT2D eigenvalue weighted by atomic mass is 10.1. The Bertz CT molecular complexity index is 717. The molecule has 0 saturated heterocycles. The molecule has 20 heavy (non-hydrogen) atoms. The van der Waals surface area contributed by atoms with Gasteiger partial charge in [0.05, 0.1) is 11.8 Å². The molecule has 3 rings (SSSR count). The van der Waals surface area contributed by atoms with E-state index < -0.39 is 0 Å². The van der Waals surface area contributed by atoms with E-state index in [1.165, 1.54) is 6.20 Å². The second-order valence-corrected chi connectivity index (χ2v) is 5.02. The first-order valence-corrected chi connectivity index (χ1v) is 6.63. The molecule has 0 aliphatic heterocycles. The number of nitrogens with zero attached hydrogens (tertiary/aromatic N) is 4. The average Bonchev–Trinajstić information content (AvgIpc) is 2.94. The Hall–Kier alpha value is -1.69. The van der Waals surface area contributed by atoms with Crippen LogP contribution in [-0.2, 0) is 0 Å². The molecular formula is C12H6Cl3N5. The van der Waals surface area contributed by atoms with Crippen LogP contribution in [0.3, 0.4) is 0 Å². The van der Waals surface area contributed by atoms with E-state index in [4.69, 9.17) is 34.8 Å². The summed E-state index contributed by atoms with van der Waals surface area (Å²) in [4.78, 5) is 8.38. The number of hydrogen-bond donors (Lipinski definition) is 1. The zero-order valence-corrected chi connectivity index (χ0v) is 12.1. The Kier molecular flexibility index (Phi) is 3.56. The van der Waals surface area contributed by atoms with Crippen LogP contribution in [0.5, 0.6) is 0 Å². The molecular weight excluding hydrogens is 321 g/mol. The second kappa shape index (κ2) is 5.36. The number of rotatable bonds is 2. The van der Waals surface area contributed by atoms with Crippen molar-refractivity contribution < 1.29 is 0 Å². The third kappa shape index (κ3) is 2.47. The molecule has 0 radical (unpaired) electrons. The fourth-order valence-electron chi connectivity index (χ4n) is 1.69. The van der Waals surface area contributed by atoms with Crippen molar-refractivity contribution in [3.05, 3.63) is 45.8 Å². The van der Waals surface area contributed by atoms with Crippen molar-refractivity contribution in [3.63, 3.8) is 0 Å². The molecule has 1 N–H and O–H groups in total. The van der Waals surface area contributed by atoms with Gasteiger partial charge < -0.3 is 0 Å². The van der Waals surface area contributed by atoms with Gasteiger partial charge in [0.1, 0.15) is 16.0 Å². The van der Waals surface area contributed by atoms with E-state index in [1.807, 2.05) is 0 Å². The van der Waals surface area contributed by atoms with E-state index in [0.29, 0.717) is 22.1 Å². The summed E-state index contributed by atoms with van der Waals surface area (Å²) in [6, 6.07) is 7.09. The van der Waals surface area contributed by atoms with E-state index in [-0.39, 0.29) is 10.3 Å². The van der Waals surface area contributed by atoms with Crippen molar-refractivity contribution in [2.75, 3.05) is 0 Å². The molecule has 3 aromatic rings. The number of H-pyrrole nitrogens is 1. The monoisotopic (exact) mass is 325 g/mol. The Morgan fingerprint density at radius 3 is 2.10 bits per heavy atom. The maximum absolute atomic E-state index is 6.20. The number of hydrogen-bond acceptors (Lipinski definition) is 4. The first-order chi connectivity index (χ1) is 9.65.